The summed E-state index contributed by atoms with van der Waals surface area (Å²) in [6.07, 6.45) is 16.1. The number of nitrogen functional groups attached to an aromatic ring is 2. The van der Waals surface area contributed by atoms with E-state index in [1.807, 2.05) is 24.3 Å². The quantitative estimate of drug-likeness (QED) is 0.0828. The monoisotopic (exact) mass is 602 g/mol. The third-order valence-corrected chi connectivity index (χ3v) is 9.76. The predicted molar refractivity (Wildman–Crippen MR) is 197 cm³/mol. The lowest BCUT2D eigenvalue weighted by Crippen LogP contribution is -2.08. The van der Waals surface area contributed by atoms with Gasteiger partial charge >= 0.3 is 0 Å². The molecule has 4 rings (SSSR count). The van der Waals surface area contributed by atoms with E-state index in [2.05, 4.69) is 93.6 Å². The average molecular weight is 603 g/mol. The van der Waals surface area contributed by atoms with Gasteiger partial charge in [0, 0.05) is 23.2 Å². The minimum atomic E-state index is 0.431. The van der Waals surface area contributed by atoms with Crippen molar-refractivity contribution in [1.29, 1.82) is 0 Å². The number of hydrogen-bond donors (Lipinski definition) is 2. The lowest BCUT2D eigenvalue weighted by molar-refractivity contribution is 0.504. The molecule has 0 aliphatic rings. The second-order valence-electron chi connectivity index (χ2n) is 13.3. The van der Waals surface area contributed by atoms with Gasteiger partial charge in [-0.2, -0.15) is 0 Å². The molecule has 240 valence electrons. The van der Waals surface area contributed by atoms with Crippen LogP contribution in [0.5, 0.6) is 0 Å². The summed E-state index contributed by atoms with van der Waals surface area (Å²) < 4.78 is 0. The van der Waals surface area contributed by atoms with Crippen LogP contribution in [0.25, 0.3) is 0 Å². The van der Waals surface area contributed by atoms with Gasteiger partial charge in [0.05, 0.1) is 0 Å². The molecule has 0 heterocycles. The highest BCUT2D eigenvalue weighted by Gasteiger charge is 2.17. The zero-order chi connectivity index (χ0) is 31.9. The van der Waals surface area contributed by atoms with Crippen LogP contribution in [-0.4, -0.2) is 0 Å². The highest BCUT2D eigenvalue weighted by molar-refractivity contribution is 5.44. The van der Waals surface area contributed by atoms with Crippen LogP contribution in [0.2, 0.25) is 0 Å². The van der Waals surface area contributed by atoms with E-state index < -0.39 is 0 Å². The van der Waals surface area contributed by atoms with E-state index in [0.29, 0.717) is 17.8 Å². The van der Waals surface area contributed by atoms with Crippen LogP contribution in [0, 0.1) is 5.92 Å². The Bertz CT molecular complexity index is 1250. The van der Waals surface area contributed by atoms with Gasteiger partial charge in [0.2, 0.25) is 0 Å². The number of unbranched alkanes of at least 4 members (excludes halogenated alkanes) is 6. The molecule has 2 atom stereocenters. The number of hydrogen-bond acceptors (Lipinski definition) is 2. The van der Waals surface area contributed by atoms with Crippen molar-refractivity contribution in [3.05, 3.63) is 130 Å². The number of benzene rings is 4. The molecule has 2 heteroatoms. The van der Waals surface area contributed by atoms with Crippen molar-refractivity contribution in [2.24, 2.45) is 5.92 Å². The Kier molecular flexibility index (Phi) is 14.1. The summed E-state index contributed by atoms with van der Waals surface area (Å²) in [6.45, 7) is 6.90. The molecule has 2 nitrogen and oxygen atoms in total. The molecule has 45 heavy (non-hydrogen) atoms. The first kappa shape index (κ1) is 34.4. The van der Waals surface area contributed by atoms with E-state index in [1.54, 1.807) is 0 Å². The Morgan fingerprint density at radius 1 is 0.422 bits per heavy atom. The van der Waals surface area contributed by atoms with E-state index in [-0.39, 0.29) is 0 Å². The maximum Gasteiger partial charge on any atom is 0.0314 e. The molecule has 0 saturated heterocycles. The molecule has 0 spiro atoms. The van der Waals surface area contributed by atoms with E-state index in [9.17, 15) is 0 Å². The fourth-order valence-corrected chi connectivity index (χ4v) is 6.86. The molecule has 4 aromatic carbocycles. The first-order chi connectivity index (χ1) is 22.0. The molecule has 0 radical (unpaired) electrons. The van der Waals surface area contributed by atoms with Gasteiger partial charge in [-0.3, -0.25) is 0 Å². The molecule has 0 bridgehead atoms. The molecular weight excluding hydrogens is 544 g/mol. The first-order valence-electron chi connectivity index (χ1n) is 17.9. The number of anilines is 2. The van der Waals surface area contributed by atoms with Crippen molar-refractivity contribution in [3.63, 3.8) is 0 Å². The molecule has 0 saturated carbocycles. The van der Waals surface area contributed by atoms with E-state index >= 15 is 0 Å². The second-order valence-corrected chi connectivity index (χ2v) is 13.3. The van der Waals surface area contributed by atoms with Crippen molar-refractivity contribution in [2.75, 3.05) is 11.5 Å². The molecule has 4 N–H and O–H groups in total. The Morgan fingerprint density at radius 2 is 0.756 bits per heavy atom. The van der Waals surface area contributed by atoms with Gasteiger partial charge in [-0.1, -0.05) is 151 Å². The zero-order valence-corrected chi connectivity index (χ0v) is 28.3. The highest BCUT2D eigenvalue weighted by atomic mass is 14.5. The van der Waals surface area contributed by atoms with Gasteiger partial charge in [0.25, 0.3) is 0 Å². The maximum absolute atomic E-state index is 6.01. The molecule has 0 aliphatic heterocycles. The summed E-state index contributed by atoms with van der Waals surface area (Å²) >= 11 is 0. The van der Waals surface area contributed by atoms with Crippen molar-refractivity contribution < 1.29 is 0 Å². The SMILES string of the molecule is CCCCCCC(c1ccc(N)cc1)c1ccc(CC(CC)Cc2ccc(C(CCCCCC)c3ccc(N)cc3)cc2)cc1. The minimum absolute atomic E-state index is 0.431. The van der Waals surface area contributed by atoms with Crippen molar-refractivity contribution in [1.82, 2.24) is 0 Å². The molecule has 0 aliphatic carbocycles. The standard InChI is InChI=1S/C43H58N2/c1-4-7-9-11-13-42(38-23-27-40(44)28-24-38)36-19-15-34(16-20-36)31-33(6-3)32-35-17-21-37(22-18-35)43(14-12-10-8-5-2)39-25-29-41(45)30-26-39/h15-30,33,42-43H,4-14,31-32,44-45H2,1-3H3. The predicted octanol–water partition coefficient (Wildman–Crippen LogP) is 11.9. The van der Waals surface area contributed by atoms with Gasteiger partial charge < -0.3 is 11.5 Å². The third kappa shape index (κ3) is 10.8. The summed E-state index contributed by atoms with van der Waals surface area (Å²) in [4.78, 5) is 0. The van der Waals surface area contributed by atoms with E-state index in [4.69, 9.17) is 11.5 Å². The summed E-state index contributed by atoms with van der Waals surface area (Å²) in [7, 11) is 0. The number of nitrogens with two attached hydrogens (primary N) is 2. The van der Waals surface area contributed by atoms with Crippen LogP contribution >= 0.6 is 0 Å². The number of rotatable bonds is 19. The summed E-state index contributed by atoms with van der Waals surface area (Å²) in [5.41, 5.74) is 22.2. The fraction of sp³-hybridized carbons (Fsp3) is 0.442. The molecule has 0 aromatic heterocycles. The third-order valence-electron chi connectivity index (χ3n) is 9.76. The molecule has 4 aromatic rings. The first-order valence-corrected chi connectivity index (χ1v) is 17.9. The van der Waals surface area contributed by atoms with Gasteiger partial charge in [-0.25, -0.2) is 0 Å². The maximum atomic E-state index is 6.01. The fourth-order valence-electron chi connectivity index (χ4n) is 6.86. The summed E-state index contributed by atoms with van der Waals surface area (Å²) in [5, 5.41) is 0. The van der Waals surface area contributed by atoms with Crippen LogP contribution in [0.15, 0.2) is 97.1 Å². The van der Waals surface area contributed by atoms with Crippen LogP contribution in [0.3, 0.4) is 0 Å². The van der Waals surface area contributed by atoms with Crippen LogP contribution in [0.1, 0.15) is 137 Å². The molecule has 0 fully saturated rings. The Balaban J connectivity index is 1.41. The lowest BCUT2D eigenvalue weighted by Gasteiger charge is -2.21. The summed E-state index contributed by atoms with van der Waals surface area (Å²) in [6, 6.07) is 36.1. The van der Waals surface area contributed by atoms with Gasteiger partial charge in [-0.05, 0) is 89.2 Å². The average Bonchev–Trinajstić information content (AvgIpc) is 3.07. The van der Waals surface area contributed by atoms with Crippen molar-refractivity contribution >= 4 is 11.4 Å². The lowest BCUT2D eigenvalue weighted by atomic mass is 9.84. The molecule has 2 unspecified atom stereocenters. The Labute approximate surface area is 274 Å². The molecular formula is C43H58N2. The van der Waals surface area contributed by atoms with Crippen LogP contribution in [-0.2, 0) is 12.8 Å². The largest absolute Gasteiger partial charge is 0.399 e. The van der Waals surface area contributed by atoms with Crippen molar-refractivity contribution in [2.45, 2.75) is 116 Å². The minimum Gasteiger partial charge on any atom is -0.399 e. The molecule has 0 amide bonds. The summed E-state index contributed by atoms with van der Waals surface area (Å²) in [5.74, 6) is 1.49. The topological polar surface area (TPSA) is 52.0 Å². The van der Waals surface area contributed by atoms with Gasteiger partial charge in [0.1, 0.15) is 0 Å². The van der Waals surface area contributed by atoms with Crippen molar-refractivity contribution in [3.8, 4) is 0 Å². The van der Waals surface area contributed by atoms with Gasteiger partial charge in [-0.15, -0.1) is 0 Å². The smallest absolute Gasteiger partial charge is 0.0314 e. The normalized spacial score (nSPS) is 13.4. The van der Waals surface area contributed by atoms with E-state index in [1.165, 1.54) is 104 Å². The zero-order valence-electron chi connectivity index (χ0n) is 28.3. The van der Waals surface area contributed by atoms with E-state index in [0.717, 1.165) is 24.2 Å². The highest BCUT2D eigenvalue weighted by Crippen LogP contribution is 2.33. The van der Waals surface area contributed by atoms with Gasteiger partial charge in [0.15, 0.2) is 0 Å². The second kappa shape index (κ2) is 18.4. The Hall–Kier alpha value is -3.52. The Morgan fingerprint density at radius 3 is 1.07 bits per heavy atom. The van der Waals surface area contributed by atoms with Crippen LogP contribution < -0.4 is 11.5 Å². The van der Waals surface area contributed by atoms with Crippen LogP contribution in [0.4, 0.5) is 11.4 Å².